The van der Waals surface area contributed by atoms with E-state index in [1.165, 1.54) is 31.2 Å². The topological polar surface area (TPSA) is 96.0 Å². The minimum Gasteiger partial charge on any atom is -0.369 e. The van der Waals surface area contributed by atoms with Crippen LogP contribution < -0.4 is 0 Å². The number of nitro groups is 1. The number of benzene rings is 1. The fraction of sp³-hybridized carbons (Fsp3) is 0.333. The van der Waals surface area contributed by atoms with E-state index in [1.54, 1.807) is 6.92 Å². The molecule has 0 aliphatic carbocycles. The molecule has 7 nitrogen and oxygen atoms in total. The van der Waals surface area contributed by atoms with Gasteiger partial charge in [0.05, 0.1) is 4.92 Å². The number of non-ortho nitro benzene ring substituents is 1. The molecule has 19 heavy (non-hydrogen) atoms. The second kappa shape index (κ2) is 4.43. The number of carbonyl (C=O) groups excluding carboxylic acids is 1. The average molecular weight is 263 g/mol. The second-order valence-electron chi connectivity index (χ2n) is 4.65. The summed E-state index contributed by atoms with van der Waals surface area (Å²) in [5.41, 5.74) is -0.558. The van der Waals surface area contributed by atoms with Crippen LogP contribution in [0, 0.1) is 10.1 Å². The number of rotatable bonds is 2. The molecule has 2 rings (SSSR count). The number of hydrogen-bond donors (Lipinski definition) is 1. The molecule has 1 aromatic rings. The van der Waals surface area contributed by atoms with Crippen molar-refractivity contribution in [1.29, 1.82) is 0 Å². The third kappa shape index (κ3) is 2.45. The molecule has 1 N–H and O–H groups in total. The molecule has 0 spiro atoms. The van der Waals surface area contributed by atoms with Gasteiger partial charge >= 0.3 is 0 Å². The molecule has 100 valence electrons. The van der Waals surface area contributed by atoms with E-state index in [-0.39, 0.29) is 17.7 Å². The summed E-state index contributed by atoms with van der Waals surface area (Å²) in [5.74, 6) is -0.489. The molecule has 1 aliphatic heterocycles. The van der Waals surface area contributed by atoms with Gasteiger partial charge in [0, 0.05) is 29.8 Å². The Morgan fingerprint density at radius 1 is 1.47 bits per heavy atom. The molecule has 7 heteroatoms. The Bertz CT molecular complexity index is 563. The molecule has 0 unspecified atom stereocenters. The van der Waals surface area contributed by atoms with E-state index in [2.05, 4.69) is 5.10 Å². The van der Waals surface area contributed by atoms with Gasteiger partial charge in [0.15, 0.2) is 5.72 Å². The van der Waals surface area contributed by atoms with Gasteiger partial charge in [-0.3, -0.25) is 14.9 Å². The Kier molecular flexibility index (Phi) is 3.07. The van der Waals surface area contributed by atoms with Gasteiger partial charge in [-0.2, -0.15) is 10.1 Å². The highest BCUT2D eigenvalue weighted by Gasteiger charge is 2.39. The van der Waals surface area contributed by atoms with Crippen LogP contribution in [0.1, 0.15) is 30.6 Å². The summed E-state index contributed by atoms with van der Waals surface area (Å²) < 4.78 is 0. The molecule has 0 bridgehead atoms. The van der Waals surface area contributed by atoms with Crippen LogP contribution in [0.2, 0.25) is 0 Å². The van der Waals surface area contributed by atoms with Crippen molar-refractivity contribution in [3.8, 4) is 0 Å². The summed E-state index contributed by atoms with van der Waals surface area (Å²) in [6.45, 7) is 3.22. The van der Waals surface area contributed by atoms with Crippen LogP contribution in [0.15, 0.2) is 29.4 Å². The standard InChI is InChI=1S/C12H13N3O4/c1-8-7-12(2,17)14(13-8)11(16)9-3-5-10(6-4-9)15(18)19/h3-6,17H,7H2,1-2H3/t12-/m0/s1. The van der Waals surface area contributed by atoms with Gasteiger partial charge in [0.1, 0.15) is 0 Å². The van der Waals surface area contributed by atoms with Crippen LogP contribution >= 0.6 is 0 Å². The number of hydrogen-bond acceptors (Lipinski definition) is 5. The largest absolute Gasteiger partial charge is 0.369 e. The predicted molar refractivity (Wildman–Crippen MR) is 67.6 cm³/mol. The van der Waals surface area contributed by atoms with Crippen LogP contribution in [0.25, 0.3) is 0 Å². The summed E-state index contributed by atoms with van der Waals surface area (Å²) in [5, 5.41) is 25.6. The van der Waals surface area contributed by atoms with Crippen molar-refractivity contribution in [3.05, 3.63) is 39.9 Å². The number of carbonyl (C=O) groups is 1. The first-order valence-corrected chi connectivity index (χ1v) is 5.67. The highest BCUT2D eigenvalue weighted by atomic mass is 16.6. The molecule has 1 aliphatic rings. The lowest BCUT2D eigenvalue weighted by Crippen LogP contribution is -2.43. The third-order valence-electron chi connectivity index (χ3n) is 2.84. The van der Waals surface area contributed by atoms with Gasteiger partial charge in [-0.1, -0.05) is 0 Å². The number of aliphatic hydroxyl groups is 1. The minimum atomic E-state index is -1.36. The van der Waals surface area contributed by atoms with Crippen molar-refractivity contribution in [2.45, 2.75) is 26.0 Å². The van der Waals surface area contributed by atoms with Gasteiger partial charge in [0.2, 0.25) is 0 Å². The zero-order chi connectivity index (χ0) is 14.2. The molecule has 0 fully saturated rings. The Labute approximate surface area is 109 Å². The van der Waals surface area contributed by atoms with E-state index in [4.69, 9.17) is 0 Å². The van der Waals surface area contributed by atoms with E-state index in [1.807, 2.05) is 0 Å². The van der Waals surface area contributed by atoms with E-state index >= 15 is 0 Å². The van der Waals surface area contributed by atoms with Crippen LogP contribution in [-0.2, 0) is 0 Å². The zero-order valence-corrected chi connectivity index (χ0v) is 10.5. The zero-order valence-electron chi connectivity index (χ0n) is 10.5. The quantitative estimate of drug-likeness (QED) is 0.646. The molecule has 0 saturated carbocycles. The smallest absolute Gasteiger partial charge is 0.276 e. The lowest BCUT2D eigenvalue weighted by molar-refractivity contribution is -0.384. The van der Waals surface area contributed by atoms with Crippen LogP contribution in [0.4, 0.5) is 5.69 Å². The van der Waals surface area contributed by atoms with Crippen molar-refractivity contribution in [2.75, 3.05) is 0 Å². The van der Waals surface area contributed by atoms with Crippen molar-refractivity contribution >= 4 is 17.3 Å². The Morgan fingerprint density at radius 3 is 2.47 bits per heavy atom. The number of hydrazone groups is 1. The van der Waals surface area contributed by atoms with Crippen molar-refractivity contribution < 1.29 is 14.8 Å². The SMILES string of the molecule is CC1=NN(C(=O)c2ccc([N+](=O)[O-])cc2)[C@@](C)(O)C1. The van der Waals surface area contributed by atoms with E-state index < -0.39 is 16.6 Å². The lowest BCUT2D eigenvalue weighted by atomic mass is 10.1. The van der Waals surface area contributed by atoms with Gasteiger partial charge in [-0.15, -0.1) is 0 Å². The highest BCUT2D eigenvalue weighted by Crippen LogP contribution is 2.26. The third-order valence-corrected chi connectivity index (χ3v) is 2.84. The van der Waals surface area contributed by atoms with E-state index in [0.29, 0.717) is 5.71 Å². The fourth-order valence-corrected chi connectivity index (χ4v) is 1.99. The first kappa shape index (κ1) is 13.2. The number of nitro benzene ring substituents is 1. The highest BCUT2D eigenvalue weighted by molar-refractivity contribution is 5.97. The van der Waals surface area contributed by atoms with Crippen LogP contribution in [0.3, 0.4) is 0 Å². The molecule has 1 amide bonds. The fourth-order valence-electron chi connectivity index (χ4n) is 1.99. The summed E-state index contributed by atoms with van der Waals surface area (Å²) in [6.07, 6.45) is 0.283. The van der Waals surface area contributed by atoms with Crippen molar-refractivity contribution in [3.63, 3.8) is 0 Å². The first-order valence-electron chi connectivity index (χ1n) is 5.67. The lowest BCUT2D eigenvalue weighted by Gasteiger charge is -2.26. The molecule has 0 radical (unpaired) electrons. The molecule has 1 aromatic carbocycles. The monoisotopic (exact) mass is 263 g/mol. The van der Waals surface area contributed by atoms with Crippen molar-refractivity contribution in [2.24, 2.45) is 5.10 Å². The second-order valence-corrected chi connectivity index (χ2v) is 4.65. The molecule has 0 aromatic heterocycles. The maximum atomic E-state index is 12.2. The summed E-state index contributed by atoms with van der Waals surface area (Å²) in [4.78, 5) is 22.2. The Morgan fingerprint density at radius 2 is 2.05 bits per heavy atom. The minimum absolute atomic E-state index is 0.0931. The molecular weight excluding hydrogens is 250 g/mol. The number of amides is 1. The molecule has 1 atom stereocenters. The first-order chi connectivity index (χ1) is 8.81. The average Bonchev–Trinajstić information content (AvgIpc) is 2.61. The predicted octanol–water partition coefficient (Wildman–Crippen LogP) is 1.53. The van der Waals surface area contributed by atoms with E-state index in [0.717, 1.165) is 5.01 Å². The van der Waals surface area contributed by atoms with Gasteiger partial charge < -0.3 is 5.11 Å². The maximum absolute atomic E-state index is 12.2. The maximum Gasteiger partial charge on any atom is 0.276 e. The van der Waals surface area contributed by atoms with E-state index in [9.17, 15) is 20.0 Å². The normalized spacial score (nSPS) is 22.3. The molecule has 0 saturated heterocycles. The summed E-state index contributed by atoms with van der Waals surface area (Å²) >= 11 is 0. The molecule has 1 heterocycles. The van der Waals surface area contributed by atoms with Crippen LogP contribution in [-0.4, -0.2) is 32.4 Å². The van der Waals surface area contributed by atoms with Crippen LogP contribution in [0.5, 0.6) is 0 Å². The van der Waals surface area contributed by atoms with Gasteiger partial charge in [-0.25, -0.2) is 0 Å². The number of nitrogens with zero attached hydrogens (tertiary/aromatic N) is 3. The van der Waals surface area contributed by atoms with Crippen molar-refractivity contribution in [1.82, 2.24) is 5.01 Å². The Hall–Kier alpha value is -2.28. The van der Waals surface area contributed by atoms with Gasteiger partial charge in [-0.05, 0) is 26.0 Å². The summed E-state index contributed by atoms with van der Waals surface area (Å²) in [6, 6.07) is 5.18. The molecular formula is C12H13N3O4. The summed E-state index contributed by atoms with van der Waals surface area (Å²) in [7, 11) is 0. The Balaban J connectivity index is 2.27. The van der Waals surface area contributed by atoms with Gasteiger partial charge in [0.25, 0.3) is 11.6 Å².